The highest BCUT2D eigenvalue weighted by molar-refractivity contribution is 5.94. The third kappa shape index (κ3) is 6.29. The van der Waals surface area contributed by atoms with Crippen LogP contribution in [0.1, 0.15) is 54.9 Å². The van der Waals surface area contributed by atoms with E-state index in [2.05, 4.69) is 15.5 Å². The van der Waals surface area contributed by atoms with Gasteiger partial charge in [-0.1, -0.05) is 19.1 Å². The molecule has 0 saturated carbocycles. The van der Waals surface area contributed by atoms with Crippen molar-refractivity contribution < 1.29 is 14.4 Å². The molecule has 2 fully saturated rings. The summed E-state index contributed by atoms with van der Waals surface area (Å²) < 4.78 is 0. The van der Waals surface area contributed by atoms with Gasteiger partial charge in [-0.2, -0.15) is 0 Å². The van der Waals surface area contributed by atoms with E-state index in [4.69, 9.17) is 0 Å². The molecule has 3 amide bonds. The second kappa shape index (κ2) is 10.4. The summed E-state index contributed by atoms with van der Waals surface area (Å²) >= 11 is 0. The minimum absolute atomic E-state index is 0.0234. The molecule has 2 heterocycles. The molecule has 1 unspecified atom stereocenters. The first-order valence-electron chi connectivity index (χ1n) is 10.7. The number of hydrogen-bond acceptors (Lipinski definition) is 4. The van der Waals surface area contributed by atoms with Crippen LogP contribution >= 0.6 is 0 Å². The lowest BCUT2D eigenvalue weighted by Gasteiger charge is -2.32. The summed E-state index contributed by atoms with van der Waals surface area (Å²) in [6.07, 6.45) is 4.59. The average Bonchev–Trinajstić information content (AvgIpc) is 3.27. The van der Waals surface area contributed by atoms with Gasteiger partial charge in [-0.25, -0.2) is 0 Å². The van der Waals surface area contributed by atoms with Gasteiger partial charge in [-0.05, 0) is 49.9 Å². The Morgan fingerprint density at radius 1 is 1.00 bits per heavy atom. The van der Waals surface area contributed by atoms with Crippen LogP contribution in [0, 0.1) is 0 Å². The number of nitrogens with one attached hydrogen (secondary N) is 2. The van der Waals surface area contributed by atoms with E-state index in [9.17, 15) is 14.4 Å². The largest absolute Gasteiger partial charge is 0.352 e. The van der Waals surface area contributed by atoms with Crippen LogP contribution in [0.2, 0.25) is 0 Å². The number of benzene rings is 1. The highest BCUT2D eigenvalue weighted by Gasteiger charge is 2.22. The number of amides is 3. The van der Waals surface area contributed by atoms with Gasteiger partial charge in [0, 0.05) is 44.2 Å². The Morgan fingerprint density at radius 3 is 2.41 bits per heavy atom. The zero-order valence-electron chi connectivity index (χ0n) is 17.3. The third-order valence-electron chi connectivity index (χ3n) is 5.64. The standard InChI is InChI=1S/C22H32N4O3/c1-2-20(27)24-19-6-5-11-25(15-19)16-21(28)23-14-17-7-9-18(10-8-17)22(29)26-12-3-4-13-26/h7-10,19H,2-6,11-16H2,1H3,(H,23,28)(H,24,27). The van der Waals surface area contributed by atoms with Crippen molar-refractivity contribution in [3.8, 4) is 0 Å². The molecule has 158 valence electrons. The highest BCUT2D eigenvalue weighted by atomic mass is 16.2. The average molecular weight is 401 g/mol. The first-order valence-corrected chi connectivity index (χ1v) is 10.7. The van der Waals surface area contributed by atoms with E-state index in [0.717, 1.165) is 50.9 Å². The Kier molecular flexibility index (Phi) is 7.63. The molecule has 2 aliphatic heterocycles. The first-order chi connectivity index (χ1) is 14.0. The lowest BCUT2D eigenvalue weighted by molar-refractivity contribution is -0.123. The number of carbonyl (C=O) groups excluding carboxylic acids is 3. The molecular weight excluding hydrogens is 368 g/mol. The van der Waals surface area contributed by atoms with E-state index in [-0.39, 0.29) is 23.8 Å². The van der Waals surface area contributed by atoms with Crippen LogP contribution in [0.15, 0.2) is 24.3 Å². The van der Waals surface area contributed by atoms with Crippen molar-refractivity contribution in [2.75, 3.05) is 32.7 Å². The minimum atomic E-state index is -0.0234. The first kappa shape index (κ1) is 21.3. The number of likely N-dealkylation sites (tertiary alicyclic amines) is 2. The lowest BCUT2D eigenvalue weighted by Crippen LogP contribution is -2.50. The van der Waals surface area contributed by atoms with Crippen molar-refractivity contribution in [2.24, 2.45) is 0 Å². The maximum absolute atomic E-state index is 12.4. The summed E-state index contributed by atoms with van der Waals surface area (Å²) in [4.78, 5) is 40.3. The van der Waals surface area contributed by atoms with Gasteiger partial charge < -0.3 is 15.5 Å². The van der Waals surface area contributed by atoms with Crippen LogP contribution in [0.25, 0.3) is 0 Å². The number of nitrogens with zero attached hydrogens (tertiary/aromatic N) is 2. The Balaban J connectivity index is 1.42. The molecule has 0 bridgehead atoms. The molecule has 0 radical (unpaired) electrons. The molecule has 29 heavy (non-hydrogen) atoms. The maximum atomic E-state index is 12.4. The fraction of sp³-hybridized carbons (Fsp3) is 0.591. The molecule has 0 aromatic heterocycles. The Bertz CT molecular complexity index is 713. The molecule has 2 saturated heterocycles. The van der Waals surface area contributed by atoms with Crippen molar-refractivity contribution >= 4 is 17.7 Å². The monoisotopic (exact) mass is 400 g/mol. The molecule has 7 nitrogen and oxygen atoms in total. The van der Waals surface area contributed by atoms with E-state index >= 15 is 0 Å². The summed E-state index contributed by atoms with van der Waals surface area (Å²) in [6.45, 7) is 5.90. The van der Waals surface area contributed by atoms with Crippen molar-refractivity contribution in [3.63, 3.8) is 0 Å². The number of piperidine rings is 1. The molecule has 0 aliphatic carbocycles. The van der Waals surface area contributed by atoms with E-state index < -0.39 is 0 Å². The Morgan fingerprint density at radius 2 is 1.72 bits per heavy atom. The van der Waals surface area contributed by atoms with Crippen LogP contribution in [0.4, 0.5) is 0 Å². The molecule has 1 aromatic carbocycles. The summed E-state index contributed by atoms with van der Waals surface area (Å²) in [6, 6.07) is 7.62. The van der Waals surface area contributed by atoms with Gasteiger partial charge >= 0.3 is 0 Å². The van der Waals surface area contributed by atoms with Crippen molar-refractivity contribution in [1.29, 1.82) is 0 Å². The summed E-state index contributed by atoms with van der Waals surface area (Å²) in [5.41, 5.74) is 1.68. The zero-order valence-corrected chi connectivity index (χ0v) is 17.3. The molecule has 3 rings (SSSR count). The van der Waals surface area contributed by atoms with Gasteiger partial charge in [0.1, 0.15) is 0 Å². The number of hydrogen-bond donors (Lipinski definition) is 2. The molecule has 2 aliphatic rings. The van der Waals surface area contributed by atoms with Crippen LogP contribution in [-0.2, 0) is 16.1 Å². The van der Waals surface area contributed by atoms with E-state index in [1.165, 1.54) is 0 Å². The topological polar surface area (TPSA) is 81.8 Å². The third-order valence-corrected chi connectivity index (χ3v) is 5.64. The molecule has 1 aromatic rings. The molecular formula is C22H32N4O3. The fourth-order valence-electron chi connectivity index (χ4n) is 3.97. The van der Waals surface area contributed by atoms with Crippen LogP contribution in [-0.4, -0.2) is 66.3 Å². The zero-order chi connectivity index (χ0) is 20.6. The lowest BCUT2D eigenvalue weighted by atomic mass is 10.1. The highest BCUT2D eigenvalue weighted by Crippen LogP contribution is 2.14. The SMILES string of the molecule is CCC(=O)NC1CCCN(CC(=O)NCc2ccc(C(=O)N3CCCC3)cc2)C1. The van der Waals surface area contributed by atoms with Crippen LogP contribution < -0.4 is 10.6 Å². The quantitative estimate of drug-likeness (QED) is 0.727. The van der Waals surface area contributed by atoms with E-state index in [1.54, 1.807) is 0 Å². The van der Waals surface area contributed by atoms with Gasteiger partial charge in [0.2, 0.25) is 11.8 Å². The molecule has 7 heteroatoms. The van der Waals surface area contributed by atoms with Crippen LogP contribution in [0.5, 0.6) is 0 Å². The predicted molar refractivity (Wildman–Crippen MR) is 111 cm³/mol. The smallest absolute Gasteiger partial charge is 0.253 e. The second-order valence-electron chi connectivity index (χ2n) is 7.97. The number of carbonyl (C=O) groups is 3. The van der Waals surface area contributed by atoms with Crippen molar-refractivity contribution in [1.82, 2.24) is 20.4 Å². The minimum Gasteiger partial charge on any atom is -0.352 e. The summed E-state index contributed by atoms with van der Waals surface area (Å²) in [7, 11) is 0. The Labute approximate surface area is 172 Å². The number of rotatable bonds is 7. The maximum Gasteiger partial charge on any atom is 0.253 e. The normalized spacial score (nSPS) is 19.8. The second-order valence-corrected chi connectivity index (χ2v) is 7.97. The van der Waals surface area contributed by atoms with Crippen molar-refractivity contribution in [2.45, 2.75) is 51.6 Å². The molecule has 0 spiro atoms. The Hall–Kier alpha value is -2.41. The van der Waals surface area contributed by atoms with Gasteiger partial charge in [-0.3, -0.25) is 19.3 Å². The molecule has 2 N–H and O–H groups in total. The van der Waals surface area contributed by atoms with E-state index in [0.29, 0.717) is 31.6 Å². The van der Waals surface area contributed by atoms with Gasteiger partial charge in [0.15, 0.2) is 0 Å². The van der Waals surface area contributed by atoms with Gasteiger partial charge in [0.25, 0.3) is 5.91 Å². The van der Waals surface area contributed by atoms with Crippen LogP contribution in [0.3, 0.4) is 0 Å². The van der Waals surface area contributed by atoms with Gasteiger partial charge in [0.05, 0.1) is 6.54 Å². The van der Waals surface area contributed by atoms with E-state index in [1.807, 2.05) is 36.1 Å². The summed E-state index contributed by atoms with van der Waals surface area (Å²) in [5, 5.41) is 5.97. The van der Waals surface area contributed by atoms with Crippen molar-refractivity contribution in [3.05, 3.63) is 35.4 Å². The molecule has 1 atom stereocenters. The predicted octanol–water partition coefficient (Wildman–Crippen LogP) is 1.53. The fourth-order valence-corrected chi connectivity index (χ4v) is 3.97. The van der Waals surface area contributed by atoms with Gasteiger partial charge in [-0.15, -0.1) is 0 Å². The summed E-state index contributed by atoms with van der Waals surface area (Å²) in [5.74, 6) is 0.130.